The lowest BCUT2D eigenvalue weighted by molar-refractivity contribution is -0.118. The van der Waals surface area contributed by atoms with Crippen molar-refractivity contribution in [3.05, 3.63) is 65.2 Å². The summed E-state index contributed by atoms with van der Waals surface area (Å²) < 4.78 is 5.63. The number of hydrogen-bond donors (Lipinski definition) is 2. The van der Waals surface area contributed by atoms with Crippen LogP contribution in [-0.2, 0) is 11.2 Å². The van der Waals surface area contributed by atoms with E-state index in [4.69, 9.17) is 4.74 Å². The van der Waals surface area contributed by atoms with E-state index in [0.29, 0.717) is 12.2 Å². The number of hydrogen-bond acceptors (Lipinski definition) is 5. The number of thioether (sulfide) groups is 1. The number of ether oxygens (including phenoxy) is 1. The molecule has 0 radical (unpaired) electrons. The molecule has 0 spiro atoms. The molecule has 0 bridgehead atoms. The molecular formula is C19H19NO4S. The fourth-order valence-electron chi connectivity index (χ4n) is 2.52. The van der Waals surface area contributed by atoms with E-state index in [9.17, 15) is 14.7 Å². The number of amides is 2. The van der Waals surface area contributed by atoms with Crippen molar-refractivity contribution in [2.45, 2.75) is 24.7 Å². The second-order valence-corrected chi connectivity index (χ2v) is 7.14. The van der Waals surface area contributed by atoms with Gasteiger partial charge < -0.3 is 9.84 Å². The Kier molecular flexibility index (Phi) is 5.40. The van der Waals surface area contributed by atoms with Crippen LogP contribution in [0.3, 0.4) is 0 Å². The standard InChI is InChI=1S/C19H19NO4S/c1-12-2-6-14(7-3-12)16(21)11-24-15-8-4-13(5-9-15)10-17-18(22)20-19(23)25-17/h2-9,16-17,21H,10-11H2,1H3,(H,20,22,23)/t16-,17?/m0/s1. The second kappa shape index (κ2) is 7.72. The van der Waals surface area contributed by atoms with E-state index in [1.54, 1.807) is 12.1 Å². The van der Waals surface area contributed by atoms with Gasteiger partial charge in [-0.05, 0) is 36.6 Å². The normalized spacial score (nSPS) is 18.1. The Morgan fingerprint density at radius 3 is 2.40 bits per heavy atom. The van der Waals surface area contributed by atoms with Crippen LogP contribution in [0.25, 0.3) is 0 Å². The molecule has 2 amide bonds. The van der Waals surface area contributed by atoms with Gasteiger partial charge in [0.1, 0.15) is 18.5 Å². The van der Waals surface area contributed by atoms with Crippen LogP contribution in [0.5, 0.6) is 5.75 Å². The smallest absolute Gasteiger partial charge is 0.286 e. The molecule has 2 atom stereocenters. The molecule has 0 aromatic heterocycles. The summed E-state index contributed by atoms with van der Waals surface area (Å²) in [5.41, 5.74) is 2.91. The maximum atomic E-state index is 11.6. The molecule has 2 aromatic rings. The third kappa shape index (κ3) is 4.61. The van der Waals surface area contributed by atoms with Gasteiger partial charge in [0.15, 0.2) is 0 Å². The topological polar surface area (TPSA) is 75.6 Å². The Morgan fingerprint density at radius 1 is 1.12 bits per heavy atom. The summed E-state index contributed by atoms with van der Waals surface area (Å²) in [5.74, 6) is 0.408. The number of nitrogens with one attached hydrogen (secondary N) is 1. The maximum absolute atomic E-state index is 11.6. The van der Waals surface area contributed by atoms with Gasteiger partial charge in [0, 0.05) is 0 Å². The van der Waals surface area contributed by atoms with Gasteiger partial charge in [-0.1, -0.05) is 53.7 Å². The SMILES string of the molecule is Cc1ccc([C@@H](O)COc2ccc(CC3SC(=O)NC3=O)cc2)cc1. The molecule has 1 aliphatic rings. The molecule has 0 aliphatic carbocycles. The van der Waals surface area contributed by atoms with Crippen LogP contribution in [0.1, 0.15) is 22.8 Å². The van der Waals surface area contributed by atoms with Crippen LogP contribution in [0.15, 0.2) is 48.5 Å². The van der Waals surface area contributed by atoms with Crippen LogP contribution >= 0.6 is 11.8 Å². The van der Waals surface area contributed by atoms with Gasteiger partial charge in [-0.2, -0.15) is 0 Å². The summed E-state index contributed by atoms with van der Waals surface area (Å²) in [4.78, 5) is 22.8. The molecular weight excluding hydrogens is 338 g/mol. The first-order valence-electron chi connectivity index (χ1n) is 7.99. The maximum Gasteiger partial charge on any atom is 0.286 e. The molecule has 1 aliphatic heterocycles. The van der Waals surface area contributed by atoms with Crippen molar-refractivity contribution in [1.29, 1.82) is 0 Å². The van der Waals surface area contributed by atoms with Gasteiger partial charge in [-0.25, -0.2) is 0 Å². The average molecular weight is 357 g/mol. The van der Waals surface area contributed by atoms with Crippen molar-refractivity contribution < 1.29 is 19.4 Å². The Bertz CT molecular complexity index is 758. The highest BCUT2D eigenvalue weighted by atomic mass is 32.2. The highest BCUT2D eigenvalue weighted by Crippen LogP contribution is 2.24. The number of rotatable bonds is 6. The van der Waals surface area contributed by atoms with E-state index < -0.39 is 6.10 Å². The quantitative estimate of drug-likeness (QED) is 0.831. The Morgan fingerprint density at radius 2 is 1.80 bits per heavy atom. The molecule has 5 nitrogen and oxygen atoms in total. The number of aliphatic hydroxyl groups excluding tert-OH is 1. The van der Waals surface area contributed by atoms with Crippen molar-refractivity contribution >= 4 is 22.9 Å². The minimum Gasteiger partial charge on any atom is -0.491 e. The minimum atomic E-state index is -0.690. The van der Waals surface area contributed by atoms with Crippen LogP contribution in [-0.4, -0.2) is 28.1 Å². The summed E-state index contributed by atoms with van der Waals surface area (Å²) in [6.07, 6.45) is -0.195. The highest BCUT2D eigenvalue weighted by Gasteiger charge is 2.31. The van der Waals surface area contributed by atoms with Crippen molar-refractivity contribution in [2.24, 2.45) is 0 Å². The van der Waals surface area contributed by atoms with Crippen LogP contribution < -0.4 is 10.1 Å². The van der Waals surface area contributed by atoms with Crippen molar-refractivity contribution in [1.82, 2.24) is 5.32 Å². The van der Waals surface area contributed by atoms with E-state index in [0.717, 1.165) is 28.5 Å². The summed E-state index contributed by atoms with van der Waals surface area (Å²) in [7, 11) is 0. The molecule has 130 valence electrons. The van der Waals surface area contributed by atoms with E-state index in [1.807, 2.05) is 43.3 Å². The van der Waals surface area contributed by atoms with Crippen molar-refractivity contribution in [2.75, 3.05) is 6.61 Å². The zero-order chi connectivity index (χ0) is 17.8. The molecule has 25 heavy (non-hydrogen) atoms. The second-order valence-electron chi connectivity index (χ2n) is 5.97. The molecule has 1 fully saturated rings. The fraction of sp³-hybridized carbons (Fsp3) is 0.263. The van der Waals surface area contributed by atoms with E-state index >= 15 is 0 Å². The van der Waals surface area contributed by atoms with Crippen molar-refractivity contribution in [3.63, 3.8) is 0 Å². The Hall–Kier alpha value is -2.31. The van der Waals surface area contributed by atoms with Gasteiger partial charge in [0.25, 0.3) is 5.24 Å². The monoisotopic (exact) mass is 357 g/mol. The lowest BCUT2D eigenvalue weighted by Gasteiger charge is -2.13. The van der Waals surface area contributed by atoms with E-state index in [1.165, 1.54) is 0 Å². The number of carbonyl (C=O) groups is 2. The van der Waals surface area contributed by atoms with Gasteiger partial charge in [0.2, 0.25) is 5.91 Å². The van der Waals surface area contributed by atoms with Gasteiger partial charge in [0.05, 0.1) is 5.25 Å². The third-order valence-corrected chi connectivity index (χ3v) is 4.96. The molecule has 1 heterocycles. The van der Waals surface area contributed by atoms with E-state index in [2.05, 4.69) is 5.32 Å². The van der Waals surface area contributed by atoms with E-state index in [-0.39, 0.29) is 23.0 Å². The lowest BCUT2D eigenvalue weighted by Crippen LogP contribution is -2.25. The first kappa shape index (κ1) is 17.5. The molecule has 1 unspecified atom stereocenters. The highest BCUT2D eigenvalue weighted by molar-refractivity contribution is 8.15. The number of imide groups is 1. The third-order valence-electron chi connectivity index (χ3n) is 3.98. The largest absolute Gasteiger partial charge is 0.491 e. The van der Waals surface area contributed by atoms with Gasteiger partial charge in [-0.3, -0.25) is 14.9 Å². The Balaban J connectivity index is 1.53. The lowest BCUT2D eigenvalue weighted by atomic mass is 10.1. The predicted molar refractivity (Wildman–Crippen MR) is 96.7 cm³/mol. The zero-order valence-electron chi connectivity index (χ0n) is 13.8. The van der Waals surface area contributed by atoms with Crippen LogP contribution in [0.2, 0.25) is 0 Å². The summed E-state index contributed by atoms with van der Waals surface area (Å²) in [6.45, 7) is 2.16. The number of aliphatic hydroxyl groups is 1. The molecule has 6 heteroatoms. The van der Waals surface area contributed by atoms with Crippen LogP contribution in [0.4, 0.5) is 4.79 Å². The Labute approximate surface area is 150 Å². The van der Waals surface area contributed by atoms with Gasteiger partial charge >= 0.3 is 0 Å². The van der Waals surface area contributed by atoms with Crippen LogP contribution in [0, 0.1) is 6.92 Å². The molecule has 0 saturated carbocycles. The summed E-state index contributed by atoms with van der Waals surface area (Å²) >= 11 is 1.02. The molecule has 2 N–H and O–H groups in total. The fourth-order valence-corrected chi connectivity index (χ4v) is 3.38. The number of aryl methyl sites for hydroxylation is 1. The predicted octanol–water partition coefficient (Wildman–Crippen LogP) is 3.00. The zero-order valence-corrected chi connectivity index (χ0v) is 14.6. The average Bonchev–Trinajstić information content (AvgIpc) is 2.92. The summed E-state index contributed by atoms with van der Waals surface area (Å²) in [5, 5.41) is 11.8. The molecule has 1 saturated heterocycles. The first-order chi connectivity index (χ1) is 12.0. The minimum absolute atomic E-state index is 0.164. The van der Waals surface area contributed by atoms with Crippen molar-refractivity contribution in [3.8, 4) is 5.75 Å². The molecule has 2 aromatic carbocycles. The summed E-state index contributed by atoms with van der Waals surface area (Å²) in [6, 6.07) is 15.0. The van der Waals surface area contributed by atoms with Gasteiger partial charge in [-0.15, -0.1) is 0 Å². The number of benzene rings is 2. The number of carbonyl (C=O) groups excluding carboxylic acids is 2. The molecule has 3 rings (SSSR count). The first-order valence-corrected chi connectivity index (χ1v) is 8.87.